The van der Waals surface area contributed by atoms with Crippen LogP contribution in [0.2, 0.25) is 0 Å². The van der Waals surface area contributed by atoms with Crippen LogP contribution in [0.15, 0.2) is 65.7 Å². The number of phenols is 1. The molecular formula is C26H29NO3. The van der Waals surface area contributed by atoms with Gasteiger partial charge in [-0.25, -0.2) is 0 Å². The monoisotopic (exact) mass is 403 g/mol. The van der Waals surface area contributed by atoms with Gasteiger partial charge in [-0.15, -0.1) is 0 Å². The fraction of sp³-hybridized carbons (Fsp3) is 0.269. The van der Waals surface area contributed by atoms with E-state index in [2.05, 4.69) is 43.1 Å². The Balaban J connectivity index is 1.53. The normalized spacial score (nSPS) is 11.0. The molecule has 4 heteroatoms. The maximum Gasteiger partial charge on any atom is 0.161 e. The lowest BCUT2D eigenvalue weighted by molar-refractivity contribution is 0.297. The van der Waals surface area contributed by atoms with Crippen LogP contribution in [0.5, 0.6) is 17.2 Å². The molecule has 0 atom stereocenters. The lowest BCUT2D eigenvalue weighted by Crippen LogP contribution is -2.03. The number of methoxy groups -OCH3 is 1. The summed E-state index contributed by atoms with van der Waals surface area (Å²) in [5, 5.41) is 9.55. The Kier molecular flexibility index (Phi) is 7.50. The van der Waals surface area contributed by atoms with Gasteiger partial charge >= 0.3 is 0 Å². The molecule has 30 heavy (non-hydrogen) atoms. The summed E-state index contributed by atoms with van der Waals surface area (Å²) in [6.45, 7) is 5.44. The molecule has 0 spiro atoms. The third-order valence-corrected chi connectivity index (χ3v) is 4.97. The summed E-state index contributed by atoms with van der Waals surface area (Å²) in [6, 6.07) is 19.6. The lowest BCUT2D eigenvalue weighted by Gasteiger charge is -2.12. The average molecular weight is 404 g/mol. The summed E-state index contributed by atoms with van der Waals surface area (Å²) in [7, 11) is 1.65. The van der Waals surface area contributed by atoms with E-state index in [9.17, 15) is 5.11 Å². The third-order valence-electron chi connectivity index (χ3n) is 4.97. The highest BCUT2D eigenvalue weighted by Crippen LogP contribution is 2.28. The first-order valence-electron chi connectivity index (χ1n) is 10.2. The molecule has 1 N–H and O–H groups in total. The first-order chi connectivity index (χ1) is 14.5. The summed E-state index contributed by atoms with van der Waals surface area (Å²) in [6.07, 6.45) is 3.50. The van der Waals surface area contributed by atoms with E-state index in [1.54, 1.807) is 19.2 Å². The van der Waals surface area contributed by atoms with Crippen molar-refractivity contribution >= 4 is 6.21 Å². The van der Waals surface area contributed by atoms with Gasteiger partial charge in [-0.2, -0.15) is 0 Å². The van der Waals surface area contributed by atoms with Gasteiger partial charge in [0.05, 0.1) is 13.7 Å². The number of aromatic hydroxyl groups is 1. The zero-order valence-electron chi connectivity index (χ0n) is 17.9. The highest BCUT2D eigenvalue weighted by Gasteiger charge is 2.06. The van der Waals surface area contributed by atoms with Gasteiger partial charge in [0.2, 0.25) is 0 Å². The zero-order chi connectivity index (χ0) is 21.3. The molecule has 4 nitrogen and oxygen atoms in total. The largest absolute Gasteiger partial charge is 0.508 e. The summed E-state index contributed by atoms with van der Waals surface area (Å²) in [5.74, 6) is 1.72. The zero-order valence-corrected chi connectivity index (χ0v) is 17.9. The first kappa shape index (κ1) is 21.4. The maximum absolute atomic E-state index is 9.55. The number of aliphatic imine (C=N–C) groups is 1. The van der Waals surface area contributed by atoms with Crippen LogP contribution >= 0.6 is 0 Å². The quantitative estimate of drug-likeness (QED) is 0.493. The number of phenolic OH excluding ortho intramolecular Hbond substituents is 1. The molecule has 3 aromatic carbocycles. The van der Waals surface area contributed by atoms with Crippen molar-refractivity contribution in [2.75, 3.05) is 20.3 Å². The Morgan fingerprint density at radius 3 is 2.50 bits per heavy atom. The van der Waals surface area contributed by atoms with Crippen LogP contribution in [0.25, 0.3) is 0 Å². The molecule has 156 valence electrons. The SMILES string of the molecule is COc1cc(CCN=Cc2ccc(C)cc2C)ccc1OCCc1cccc(O)c1. The van der Waals surface area contributed by atoms with Crippen LogP contribution in [-0.2, 0) is 12.8 Å². The number of benzene rings is 3. The fourth-order valence-corrected chi connectivity index (χ4v) is 3.30. The van der Waals surface area contributed by atoms with Gasteiger partial charge in [-0.3, -0.25) is 4.99 Å². The topological polar surface area (TPSA) is 51.0 Å². The molecule has 0 saturated carbocycles. The van der Waals surface area contributed by atoms with Crippen molar-refractivity contribution in [1.29, 1.82) is 0 Å². The van der Waals surface area contributed by atoms with Gasteiger partial charge in [-0.1, -0.05) is 42.0 Å². The molecule has 0 amide bonds. The molecular weight excluding hydrogens is 374 g/mol. The Morgan fingerprint density at radius 1 is 0.900 bits per heavy atom. The smallest absolute Gasteiger partial charge is 0.161 e. The predicted octanol–water partition coefficient (Wildman–Crippen LogP) is 5.30. The van der Waals surface area contributed by atoms with Gasteiger partial charge in [0.1, 0.15) is 5.75 Å². The van der Waals surface area contributed by atoms with Gasteiger partial charge in [0.25, 0.3) is 0 Å². The van der Waals surface area contributed by atoms with E-state index in [-0.39, 0.29) is 5.75 Å². The average Bonchev–Trinajstić information content (AvgIpc) is 2.73. The fourth-order valence-electron chi connectivity index (χ4n) is 3.30. The molecule has 0 aliphatic heterocycles. The molecule has 0 fully saturated rings. The van der Waals surface area contributed by atoms with Crippen LogP contribution < -0.4 is 9.47 Å². The Labute approximate surface area is 178 Å². The van der Waals surface area contributed by atoms with Crippen LogP contribution in [0, 0.1) is 13.8 Å². The summed E-state index contributed by atoms with van der Waals surface area (Å²) in [5.41, 5.74) is 5.86. The standard InChI is InChI=1S/C26H29NO3/c1-19-7-9-23(20(2)15-19)18-27-13-11-22-8-10-25(26(17-22)29-3)30-14-12-21-5-4-6-24(28)16-21/h4-10,15-18,28H,11-14H2,1-3H3. The number of hydrogen-bond acceptors (Lipinski definition) is 4. The van der Waals surface area contributed by atoms with E-state index in [1.165, 1.54) is 11.1 Å². The van der Waals surface area contributed by atoms with Crippen LogP contribution in [0.1, 0.15) is 27.8 Å². The van der Waals surface area contributed by atoms with Crippen LogP contribution in [-0.4, -0.2) is 31.6 Å². The van der Waals surface area contributed by atoms with Crippen molar-refractivity contribution in [1.82, 2.24) is 0 Å². The van der Waals surface area contributed by atoms with E-state index in [4.69, 9.17) is 9.47 Å². The van der Waals surface area contributed by atoms with Crippen molar-refractivity contribution in [2.45, 2.75) is 26.7 Å². The molecule has 0 aliphatic rings. The van der Waals surface area contributed by atoms with Crippen LogP contribution in [0.4, 0.5) is 0 Å². The van der Waals surface area contributed by atoms with E-state index in [0.717, 1.165) is 34.6 Å². The van der Waals surface area contributed by atoms with E-state index in [0.29, 0.717) is 19.6 Å². The summed E-state index contributed by atoms with van der Waals surface area (Å²) < 4.78 is 11.4. The minimum atomic E-state index is 0.273. The van der Waals surface area contributed by atoms with E-state index >= 15 is 0 Å². The minimum absolute atomic E-state index is 0.273. The summed E-state index contributed by atoms with van der Waals surface area (Å²) >= 11 is 0. The lowest BCUT2D eigenvalue weighted by atomic mass is 10.1. The number of ether oxygens (including phenoxy) is 2. The Bertz CT molecular complexity index is 1010. The molecule has 0 unspecified atom stereocenters. The Hall–Kier alpha value is -3.27. The van der Waals surface area contributed by atoms with Crippen molar-refractivity contribution in [2.24, 2.45) is 4.99 Å². The number of rotatable bonds is 9. The van der Waals surface area contributed by atoms with Gasteiger partial charge in [0, 0.05) is 19.2 Å². The molecule has 0 aromatic heterocycles. The minimum Gasteiger partial charge on any atom is -0.508 e. The highest BCUT2D eigenvalue weighted by atomic mass is 16.5. The second-order valence-electron chi connectivity index (χ2n) is 7.40. The predicted molar refractivity (Wildman–Crippen MR) is 122 cm³/mol. The van der Waals surface area contributed by atoms with E-state index in [1.807, 2.05) is 30.5 Å². The van der Waals surface area contributed by atoms with Crippen LogP contribution in [0.3, 0.4) is 0 Å². The molecule has 3 rings (SSSR count). The van der Waals surface area contributed by atoms with Crippen molar-refractivity contribution in [3.05, 3.63) is 88.5 Å². The molecule has 3 aromatic rings. The van der Waals surface area contributed by atoms with Crippen molar-refractivity contribution in [3.63, 3.8) is 0 Å². The number of hydrogen-bond donors (Lipinski definition) is 1. The molecule has 0 aliphatic carbocycles. The maximum atomic E-state index is 9.55. The van der Waals surface area contributed by atoms with Gasteiger partial charge < -0.3 is 14.6 Å². The number of nitrogens with zero attached hydrogens (tertiary/aromatic N) is 1. The van der Waals surface area contributed by atoms with Crippen molar-refractivity contribution in [3.8, 4) is 17.2 Å². The molecule has 0 radical (unpaired) electrons. The summed E-state index contributed by atoms with van der Waals surface area (Å²) in [4.78, 5) is 4.58. The highest BCUT2D eigenvalue weighted by molar-refractivity contribution is 5.81. The molecule has 0 saturated heterocycles. The third kappa shape index (κ3) is 6.11. The second-order valence-corrected chi connectivity index (χ2v) is 7.40. The first-order valence-corrected chi connectivity index (χ1v) is 10.2. The van der Waals surface area contributed by atoms with Crippen molar-refractivity contribution < 1.29 is 14.6 Å². The molecule has 0 heterocycles. The van der Waals surface area contributed by atoms with Gasteiger partial charge in [0.15, 0.2) is 11.5 Å². The second kappa shape index (κ2) is 10.5. The number of aryl methyl sites for hydroxylation is 2. The van der Waals surface area contributed by atoms with E-state index < -0.39 is 0 Å². The van der Waals surface area contributed by atoms with Gasteiger partial charge in [-0.05, 0) is 66.8 Å². The molecule has 0 bridgehead atoms. The Morgan fingerprint density at radius 2 is 1.73 bits per heavy atom.